The van der Waals surface area contributed by atoms with Crippen molar-refractivity contribution in [2.45, 2.75) is 6.54 Å². The molecule has 0 saturated heterocycles. The molecule has 0 radical (unpaired) electrons. The summed E-state index contributed by atoms with van der Waals surface area (Å²) in [5, 5.41) is 14.8. The van der Waals surface area contributed by atoms with Crippen molar-refractivity contribution in [1.29, 1.82) is 0 Å². The topological polar surface area (TPSA) is 89.0 Å². The summed E-state index contributed by atoms with van der Waals surface area (Å²) < 4.78 is 4.67. The molecule has 0 bridgehead atoms. The van der Waals surface area contributed by atoms with Gasteiger partial charge in [-0.25, -0.2) is 4.79 Å². The van der Waals surface area contributed by atoms with Gasteiger partial charge >= 0.3 is 5.97 Å². The highest BCUT2D eigenvalue weighted by molar-refractivity contribution is 6.31. The SMILES string of the molecule is COC(=O)c1ccc(Nc2cnnc(NCc3ccccc3Cl)n2)cc1. The maximum absolute atomic E-state index is 11.4. The van der Waals surface area contributed by atoms with Crippen LogP contribution in [0.4, 0.5) is 17.5 Å². The average molecular weight is 370 g/mol. The maximum atomic E-state index is 11.4. The molecule has 0 aliphatic heterocycles. The first-order valence-electron chi connectivity index (χ1n) is 7.78. The van der Waals surface area contributed by atoms with Crippen molar-refractivity contribution in [2.24, 2.45) is 0 Å². The minimum absolute atomic E-state index is 0.376. The molecule has 0 aliphatic rings. The summed E-state index contributed by atoms with van der Waals surface area (Å²) in [5.41, 5.74) is 2.17. The van der Waals surface area contributed by atoms with Crippen LogP contribution in [0.5, 0.6) is 0 Å². The van der Waals surface area contributed by atoms with Gasteiger partial charge in [-0.1, -0.05) is 29.8 Å². The van der Waals surface area contributed by atoms with Gasteiger partial charge in [0.05, 0.1) is 18.9 Å². The highest BCUT2D eigenvalue weighted by Crippen LogP contribution is 2.18. The Balaban J connectivity index is 1.65. The number of nitrogens with one attached hydrogen (secondary N) is 2. The van der Waals surface area contributed by atoms with Crippen LogP contribution in [0.2, 0.25) is 5.02 Å². The zero-order valence-corrected chi connectivity index (χ0v) is 14.7. The van der Waals surface area contributed by atoms with E-state index in [4.69, 9.17) is 11.6 Å². The summed E-state index contributed by atoms with van der Waals surface area (Å²) in [7, 11) is 1.35. The van der Waals surface area contributed by atoms with Crippen molar-refractivity contribution in [3.63, 3.8) is 0 Å². The lowest BCUT2D eigenvalue weighted by Crippen LogP contribution is -2.07. The molecule has 0 spiro atoms. The zero-order valence-electron chi connectivity index (χ0n) is 13.9. The minimum Gasteiger partial charge on any atom is -0.465 e. The molecule has 0 fully saturated rings. The fourth-order valence-electron chi connectivity index (χ4n) is 2.21. The molecular weight excluding hydrogens is 354 g/mol. The van der Waals surface area contributed by atoms with E-state index in [0.29, 0.717) is 28.9 Å². The Morgan fingerprint density at radius 3 is 2.65 bits per heavy atom. The second-order valence-electron chi connectivity index (χ2n) is 5.30. The van der Waals surface area contributed by atoms with Crippen molar-refractivity contribution in [3.8, 4) is 0 Å². The molecular formula is C18H16ClN5O2. The number of rotatable bonds is 6. The Morgan fingerprint density at radius 2 is 1.92 bits per heavy atom. The molecule has 3 rings (SSSR count). The third kappa shape index (κ3) is 4.46. The second kappa shape index (κ2) is 8.26. The van der Waals surface area contributed by atoms with E-state index < -0.39 is 0 Å². The molecule has 26 heavy (non-hydrogen) atoms. The number of anilines is 3. The Labute approximate surface area is 155 Å². The highest BCUT2D eigenvalue weighted by atomic mass is 35.5. The molecule has 3 aromatic rings. The standard InChI is InChI=1S/C18H16ClN5O2/c1-26-17(25)12-6-8-14(9-7-12)22-16-11-21-24-18(23-16)20-10-13-4-2-3-5-15(13)19/h2-9,11H,10H2,1H3,(H2,20,22,23,24). The van der Waals surface area contributed by atoms with E-state index in [2.05, 4.69) is 30.6 Å². The molecule has 8 heteroatoms. The molecule has 2 N–H and O–H groups in total. The highest BCUT2D eigenvalue weighted by Gasteiger charge is 2.06. The van der Waals surface area contributed by atoms with E-state index in [1.54, 1.807) is 24.3 Å². The first-order valence-corrected chi connectivity index (χ1v) is 8.16. The number of carbonyl (C=O) groups excluding carboxylic acids is 1. The number of aromatic nitrogens is 3. The number of halogens is 1. The van der Waals surface area contributed by atoms with E-state index >= 15 is 0 Å². The molecule has 7 nitrogen and oxygen atoms in total. The average Bonchev–Trinajstić information content (AvgIpc) is 2.68. The number of carbonyl (C=O) groups is 1. The summed E-state index contributed by atoms with van der Waals surface area (Å²) in [4.78, 5) is 15.8. The number of nitrogens with zero attached hydrogens (tertiary/aromatic N) is 3. The molecule has 0 amide bonds. The van der Waals surface area contributed by atoms with Crippen molar-refractivity contribution >= 4 is 35.0 Å². The smallest absolute Gasteiger partial charge is 0.337 e. The fraction of sp³-hybridized carbons (Fsp3) is 0.111. The molecule has 0 atom stereocenters. The zero-order chi connectivity index (χ0) is 18.4. The minimum atomic E-state index is -0.383. The molecule has 0 saturated carbocycles. The number of esters is 1. The van der Waals surface area contributed by atoms with Gasteiger partial charge in [0.2, 0.25) is 5.95 Å². The van der Waals surface area contributed by atoms with E-state index in [1.165, 1.54) is 13.3 Å². The number of methoxy groups -OCH3 is 1. The summed E-state index contributed by atoms with van der Waals surface area (Å²) in [6.45, 7) is 0.485. The lowest BCUT2D eigenvalue weighted by atomic mass is 10.2. The summed E-state index contributed by atoms with van der Waals surface area (Å²) >= 11 is 6.13. The van der Waals surface area contributed by atoms with Crippen LogP contribution in [0.15, 0.2) is 54.7 Å². The van der Waals surface area contributed by atoms with Crippen LogP contribution >= 0.6 is 11.6 Å². The number of hydrogen-bond acceptors (Lipinski definition) is 7. The number of ether oxygens (including phenoxy) is 1. The third-order valence-corrected chi connectivity index (χ3v) is 3.90. The van der Waals surface area contributed by atoms with Crippen molar-refractivity contribution in [3.05, 3.63) is 70.9 Å². The third-order valence-electron chi connectivity index (χ3n) is 3.53. The van der Waals surface area contributed by atoms with Gasteiger partial charge in [-0.2, -0.15) is 10.1 Å². The van der Waals surface area contributed by atoms with Crippen molar-refractivity contribution in [1.82, 2.24) is 15.2 Å². The lowest BCUT2D eigenvalue weighted by molar-refractivity contribution is 0.0601. The predicted molar refractivity (Wildman–Crippen MR) is 99.7 cm³/mol. The Kier molecular flexibility index (Phi) is 5.60. The molecule has 132 valence electrons. The van der Waals surface area contributed by atoms with Crippen LogP contribution in [0, 0.1) is 0 Å². The van der Waals surface area contributed by atoms with E-state index in [9.17, 15) is 4.79 Å². The quantitative estimate of drug-likeness (QED) is 0.641. The van der Waals surface area contributed by atoms with Gasteiger partial charge < -0.3 is 15.4 Å². The van der Waals surface area contributed by atoms with Crippen LogP contribution in [0.3, 0.4) is 0 Å². The van der Waals surface area contributed by atoms with Crippen LogP contribution in [-0.4, -0.2) is 28.3 Å². The monoisotopic (exact) mass is 369 g/mol. The van der Waals surface area contributed by atoms with Gasteiger partial charge in [0.25, 0.3) is 0 Å². The molecule has 1 heterocycles. The normalized spacial score (nSPS) is 10.2. The van der Waals surface area contributed by atoms with Gasteiger partial charge in [0.15, 0.2) is 5.82 Å². The number of hydrogen-bond donors (Lipinski definition) is 2. The summed E-state index contributed by atoms with van der Waals surface area (Å²) in [6, 6.07) is 14.4. The van der Waals surface area contributed by atoms with Crippen LogP contribution in [-0.2, 0) is 11.3 Å². The van der Waals surface area contributed by atoms with E-state index in [-0.39, 0.29) is 5.97 Å². The molecule has 0 unspecified atom stereocenters. The summed E-state index contributed by atoms with van der Waals surface area (Å²) in [5.74, 6) is 0.514. The first kappa shape index (κ1) is 17.6. The van der Waals surface area contributed by atoms with Gasteiger partial charge in [-0.3, -0.25) is 0 Å². The molecule has 1 aromatic heterocycles. The van der Waals surface area contributed by atoms with Crippen LogP contribution in [0.25, 0.3) is 0 Å². The molecule has 2 aromatic carbocycles. The Morgan fingerprint density at radius 1 is 1.15 bits per heavy atom. The fourth-order valence-corrected chi connectivity index (χ4v) is 2.41. The second-order valence-corrected chi connectivity index (χ2v) is 5.71. The largest absolute Gasteiger partial charge is 0.465 e. The first-order chi connectivity index (χ1) is 12.7. The van der Waals surface area contributed by atoms with Crippen LogP contribution < -0.4 is 10.6 Å². The lowest BCUT2D eigenvalue weighted by Gasteiger charge is -2.09. The van der Waals surface area contributed by atoms with Gasteiger partial charge in [-0.05, 0) is 35.9 Å². The van der Waals surface area contributed by atoms with E-state index in [0.717, 1.165) is 11.3 Å². The predicted octanol–water partition coefficient (Wildman–Crippen LogP) is 3.67. The number of benzene rings is 2. The Bertz CT molecular complexity index is 902. The van der Waals surface area contributed by atoms with Crippen LogP contribution in [0.1, 0.15) is 15.9 Å². The molecule has 0 aliphatic carbocycles. The van der Waals surface area contributed by atoms with E-state index in [1.807, 2.05) is 24.3 Å². The van der Waals surface area contributed by atoms with Crippen molar-refractivity contribution < 1.29 is 9.53 Å². The maximum Gasteiger partial charge on any atom is 0.337 e. The summed E-state index contributed by atoms with van der Waals surface area (Å²) in [6.07, 6.45) is 1.51. The van der Waals surface area contributed by atoms with Gasteiger partial charge in [0.1, 0.15) is 0 Å². The Hall–Kier alpha value is -3.19. The van der Waals surface area contributed by atoms with Gasteiger partial charge in [-0.15, -0.1) is 5.10 Å². The van der Waals surface area contributed by atoms with Gasteiger partial charge in [0, 0.05) is 17.3 Å². The van der Waals surface area contributed by atoms with Crippen molar-refractivity contribution in [2.75, 3.05) is 17.7 Å².